The third-order valence-electron chi connectivity index (χ3n) is 7.00. The quantitative estimate of drug-likeness (QED) is 0.487. The van der Waals surface area contributed by atoms with Crippen LogP contribution in [-0.4, -0.2) is 43.6 Å². The van der Waals surface area contributed by atoms with Gasteiger partial charge in [-0.25, -0.2) is 9.97 Å². The number of aromatic amines is 1. The van der Waals surface area contributed by atoms with Crippen LogP contribution < -0.4 is 10.6 Å². The number of carbonyl (C=O) groups excluding carboxylic acids is 2. The Morgan fingerprint density at radius 1 is 1.15 bits per heavy atom. The van der Waals surface area contributed by atoms with Crippen LogP contribution in [0.15, 0.2) is 34.9 Å². The number of oxazole rings is 1. The average Bonchev–Trinajstić information content (AvgIpc) is 3.74. The summed E-state index contributed by atoms with van der Waals surface area (Å²) >= 11 is 0. The molecule has 0 radical (unpaired) electrons. The number of rotatable bonds is 8. The predicted molar refractivity (Wildman–Crippen MR) is 119 cm³/mol. The van der Waals surface area contributed by atoms with Crippen molar-refractivity contribution in [2.24, 2.45) is 11.8 Å². The second-order valence-corrected chi connectivity index (χ2v) is 9.60. The molecule has 3 fully saturated rings. The summed E-state index contributed by atoms with van der Waals surface area (Å²) in [4.78, 5) is 33.7. The molecule has 170 valence electrons. The van der Waals surface area contributed by atoms with Gasteiger partial charge in [0.15, 0.2) is 5.82 Å². The van der Waals surface area contributed by atoms with Gasteiger partial charge in [0.1, 0.15) is 0 Å². The Hall–Kier alpha value is -3.49. The zero-order valence-corrected chi connectivity index (χ0v) is 18.4. The summed E-state index contributed by atoms with van der Waals surface area (Å²) in [6.45, 7) is 2.01. The second kappa shape index (κ2) is 7.54. The standard InChI is InChI=1S/C24H26N6O3/c1-13(14-5-6-14)26-22(32)20-27-19(29-30-20)15-3-2-4-16(11-15)23-25-12-18(33-23)21(31)28-24(9-10-24)17-7-8-17/h2-4,11-14,17H,5-10H2,1H3,(H,26,32)(H,28,31)(H,27,29,30). The maximum atomic E-state index is 12.6. The van der Waals surface area contributed by atoms with E-state index >= 15 is 0 Å². The Morgan fingerprint density at radius 3 is 2.67 bits per heavy atom. The van der Waals surface area contributed by atoms with E-state index in [9.17, 15) is 9.59 Å². The van der Waals surface area contributed by atoms with E-state index in [2.05, 4.69) is 30.8 Å². The van der Waals surface area contributed by atoms with Crippen molar-refractivity contribution < 1.29 is 14.0 Å². The Morgan fingerprint density at radius 2 is 1.94 bits per heavy atom. The van der Waals surface area contributed by atoms with Gasteiger partial charge in [-0.1, -0.05) is 12.1 Å². The largest absolute Gasteiger partial charge is 0.431 e. The van der Waals surface area contributed by atoms with E-state index in [-0.39, 0.29) is 35.0 Å². The number of amides is 2. The molecule has 1 aromatic carbocycles. The lowest BCUT2D eigenvalue weighted by molar-refractivity contribution is 0.0896. The van der Waals surface area contributed by atoms with E-state index in [0.717, 1.165) is 25.7 Å². The number of aromatic nitrogens is 4. The minimum atomic E-state index is -0.257. The first-order valence-corrected chi connectivity index (χ1v) is 11.6. The highest BCUT2D eigenvalue weighted by molar-refractivity contribution is 5.92. The van der Waals surface area contributed by atoms with E-state index < -0.39 is 0 Å². The van der Waals surface area contributed by atoms with Crippen molar-refractivity contribution in [2.75, 3.05) is 0 Å². The molecule has 9 nitrogen and oxygen atoms in total. The predicted octanol–water partition coefficient (Wildman–Crippen LogP) is 3.33. The lowest BCUT2D eigenvalue weighted by Crippen LogP contribution is -2.38. The van der Waals surface area contributed by atoms with Gasteiger partial charge >= 0.3 is 0 Å². The van der Waals surface area contributed by atoms with Gasteiger partial charge in [-0.2, -0.15) is 5.10 Å². The van der Waals surface area contributed by atoms with E-state index in [1.807, 2.05) is 31.2 Å². The third kappa shape index (κ3) is 4.03. The zero-order valence-electron chi connectivity index (χ0n) is 18.4. The number of hydrogen-bond donors (Lipinski definition) is 3. The summed E-state index contributed by atoms with van der Waals surface area (Å²) in [7, 11) is 0. The van der Waals surface area contributed by atoms with Crippen molar-refractivity contribution >= 4 is 11.8 Å². The molecule has 3 N–H and O–H groups in total. The molecule has 0 bridgehead atoms. The van der Waals surface area contributed by atoms with E-state index in [1.54, 1.807) is 0 Å². The van der Waals surface area contributed by atoms with Crippen LogP contribution >= 0.6 is 0 Å². The molecule has 3 aliphatic rings. The molecule has 1 unspecified atom stereocenters. The third-order valence-corrected chi connectivity index (χ3v) is 7.00. The van der Waals surface area contributed by atoms with Crippen LogP contribution in [0.5, 0.6) is 0 Å². The molecule has 6 rings (SSSR count). The Balaban J connectivity index is 1.16. The van der Waals surface area contributed by atoms with E-state index in [4.69, 9.17) is 4.42 Å². The first-order chi connectivity index (χ1) is 16.0. The van der Waals surface area contributed by atoms with Crippen LogP contribution in [0.25, 0.3) is 22.8 Å². The van der Waals surface area contributed by atoms with E-state index in [1.165, 1.54) is 19.0 Å². The van der Waals surface area contributed by atoms with Crippen molar-refractivity contribution in [1.29, 1.82) is 0 Å². The Bertz CT molecular complexity index is 1220. The first kappa shape index (κ1) is 20.1. The smallest absolute Gasteiger partial charge is 0.289 e. The van der Waals surface area contributed by atoms with Gasteiger partial charge in [0.25, 0.3) is 11.8 Å². The minimum absolute atomic E-state index is 0.0178. The Kier molecular flexibility index (Phi) is 4.60. The summed E-state index contributed by atoms with van der Waals surface area (Å²) in [5, 5.41) is 13.0. The van der Waals surface area contributed by atoms with Gasteiger partial charge < -0.3 is 15.1 Å². The van der Waals surface area contributed by atoms with Crippen molar-refractivity contribution in [2.45, 2.75) is 57.0 Å². The SMILES string of the molecule is CC(NC(=O)c1nc(-c2cccc(-c3ncc(C(=O)NC4(C5CC5)CC4)o3)c2)n[nH]1)C1CC1. The van der Waals surface area contributed by atoms with Crippen LogP contribution in [-0.2, 0) is 0 Å². The molecule has 33 heavy (non-hydrogen) atoms. The fourth-order valence-corrected chi connectivity index (χ4v) is 4.48. The zero-order chi connectivity index (χ0) is 22.6. The fraction of sp³-hybridized carbons (Fsp3) is 0.458. The summed E-state index contributed by atoms with van der Waals surface area (Å²) in [5.41, 5.74) is 1.40. The fourth-order valence-electron chi connectivity index (χ4n) is 4.48. The van der Waals surface area contributed by atoms with Gasteiger partial charge in [-0.15, -0.1) is 0 Å². The van der Waals surface area contributed by atoms with Gasteiger partial charge in [0, 0.05) is 22.7 Å². The first-order valence-electron chi connectivity index (χ1n) is 11.6. The molecule has 3 saturated carbocycles. The maximum absolute atomic E-state index is 12.6. The summed E-state index contributed by atoms with van der Waals surface area (Å²) < 4.78 is 5.78. The molecule has 0 saturated heterocycles. The van der Waals surface area contributed by atoms with Crippen molar-refractivity contribution in [3.63, 3.8) is 0 Å². The van der Waals surface area contributed by atoms with Crippen molar-refractivity contribution in [3.8, 4) is 22.8 Å². The van der Waals surface area contributed by atoms with Crippen LogP contribution in [0, 0.1) is 11.8 Å². The Labute approximate surface area is 190 Å². The molecule has 3 aromatic rings. The highest BCUT2D eigenvalue weighted by Crippen LogP contribution is 2.53. The minimum Gasteiger partial charge on any atom is -0.431 e. The maximum Gasteiger partial charge on any atom is 0.289 e. The van der Waals surface area contributed by atoms with Crippen LogP contribution in [0.3, 0.4) is 0 Å². The highest BCUT2D eigenvalue weighted by atomic mass is 16.4. The van der Waals surface area contributed by atoms with Crippen molar-refractivity contribution in [3.05, 3.63) is 42.0 Å². The van der Waals surface area contributed by atoms with Crippen LogP contribution in [0.1, 0.15) is 66.6 Å². The summed E-state index contributed by atoms with van der Waals surface area (Å²) in [6.07, 6.45) is 8.25. The number of carbonyl (C=O) groups is 2. The topological polar surface area (TPSA) is 126 Å². The number of nitrogens with one attached hydrogen (secondary N) is 3. The molecule has 1 atom stereocenters. The van der Waals surface area contributed by atoms with Crippen LogP contribution in [0.4, 0.5) is 0 Å². The van der Waals surface area contributed by atoms with Gasteiger partial charge in [0.05, 0.1) is 6.20 Å². The molecule has 2 heterocycles. The number of hydrogen-bond acceptors (Lipinski definition) is 6. The van der Waals surface area contributed by atoms with Gasteiger partial charge in [-0.3, -0.25) is 14.7 Å². The van der Waals surface area contributed by atoms with E-state index in [0.29, 0.717) is 34.7 Å². The molecular weight excluding hydrogens is 420 g/mol. The molecule has 0 spiro atoms. The summed E-state index contributed by atoms with van der Waals surface area (Å²) in [6, 6.07) is 7.50. The highest BCUT2D eigenvalue weighted by Gasteiger charge is 2.55. The summed E-state index contributed by atoms with van der Waals surface area (Å²) in [5.74, 6) is 1.86. The number of nitrogens with zero attached hydrogens (tertiary/aromatic N) is 3. The lowest BCUT2D eigenvalue weighted by Gasteiger charge is -2.14. The molecule has 2 amide bonds. The molecule has 3 aliphatic carbocycles. The average molecular weight is 447 g/mol. The molecule has 2 aromatic heterocycles. The van der Waals surface area contributed by atoms with Gasteiger partial charge in [-0.05, 0) is 69.4 Å². The number of H-pyrrole nitrogens is 1. The number of benzene rings is 1. The molecule has 9 heteroatoms. The van der Waals surface area contributed by atoms with Crippen LogP contribution in [0.2, 0.25) is 0 Å². The molecular formula is C24H26N6O3. The monoisotopic (exact) mass is 446 g/mol. The normalized spacial score (nSPS) is 19.7. The lowest BCUT2D eigenvalue weighted by atomic mass is 10.1. The van der Waals surface area contributed by atoms with Crippen molar-refractivity contribution in [1.82, 2.24) is 30.8 Å². The van der Waals surface area contributed by atoms with Gasteiger partial charge in [0.2, 0.25) is 17.5 Å². The molecule has 0 aliphatic heterocycles. The second-order valence-electron chi connectivity index (χ2n) is 9.60.